The molecule has 2 aromatic rings. The predicted octanol–water partition coefficient (Wildman–Crippen LogP) is 2.16. The lowest BCUT2D eigenvalue weighted by molar-refractivity contribution is 0.254. The fourth-order valence-electron chi connectivity index (χ4n) is 2.10. The van der Waals surface area contributed by atoms with Crippen LogP contribution in [0.5, 0.6) is 5.75 Å². The van der Waals surface area contributed by atoms with Crippen LogP contribution in [0.3, 0.4) is 0 Å². The van der Waals surface area contributed by atoms with E-state index in [-0.39, 0.29) is 12.7 Å². The lowest BCUT2D eigenvalue weighted by Gasteiger charge is -2.02. The molecule has 0 amide bonds. The van der Waals surface area contributed by atoms with E-state index < -0.39 is 0 Å². The van der Waals surface area contributed by atoms with E-state index in [1.54, 1.807) is 6.07 Å². The van der Waals surface area contributed by atoms with Crippen molar-refractivity contribution in [2.45, 2.75) is 26.1 Å². The van der Waals surface area contributed by atoms with Gasteiger partial charge in [0.2, 0.25) is 0 Å². The topological polar surface area (TPSA) is 55.5 Å². The number of ether oxygens (including phenoxy) is 1. The summed E-state index contributed by atoms with van der Waals surface area (Å²) in [5.74, 6) is 1.62. The maximum atomic E-state index is 8.94. The average Bonchev–Trinajstić information content (AvgIpc) is 2.92. The van der Waals surface area contributed by atoms with E-state index in [1.165, 1.54) is 5.56 Å². The third-order valence-corrected chi connectivity index (χ3v) is 2.90. The van der Waals surface area contributed by atoms with Crippen molar-refractivity contribution in [3.8, 4) is 17.1 Å². The van der Waals surface area contributed by atoms with E-state index in [9.17, 15) is 0 Å². The summed E-state index contributed by atoms with van der Waals surface area (Å²) in [5.41, 5.74) is 2.70. The largest absolute Gasteiger partial charge is 0.490 e. The van der Waals surface area contributed by atoms with Gasteiger partial charge in [0.25, 0.3) is 0 Å². The first-order chi connectivity index (χ1) is 8.26. The number of rotatable bonds is 2. The molecular formula is C13H13NO3. The Morgan fingerprint density at radius 1 is 1.41 bits per heavy atom. The van der Waals surface area contributed by atoms with Crippen LogP contribution in [0.25, 0.3) is 11.3 Å². The number of nitrogens with zero attached hydrogens (tertiary/aromatic N) is 1. The lowest BCUT2D eigenvalue weighted by Crippen LogP contribution is -2.05. The molecule has 1 N–H and O–H groups in total. The standard InChI is InChI=1S/C13H13NO3/c1-8-4-10-5-9(2-3-12(10)16-8)13-6-11(7-15)14-17-13/h2-3,5-6,8,15H,4,7H2,1H3/t8-/m0/s1. The van der Waals surface area contributed by atoms with Crippen LogP contribution in [0.15, 0.2) is 28.8 Å². The molecule has 4 heteroatoms. The SMILES string of the molecule is C[C@H]1Cc2cc(-c3cc(CO)no3)ccc2O1. The quantitative estimate of drug-likeness (QED) is 0.860. The van der Waals surface area contributed by atoms with Crippen molar-refractivity contribution in [3.63, 3.8) is 0 Å². The Balaban J connectivity index is 1.97. The van der Waals surface area contributed by atoms with Crippen LogP contribution in [0, 0.1) is 0 Å². The van der Waals surface area contributed by atoms with Crippen molar-refractivity contribution in [3.05, 3.63) is 35.5 Å². The van der Waals surface area contributed by atoms with Crippen molar-refractivity contribution < 1.29 is 14.4 Å². The second-order valence-electron chi connectivity index (χ2n) is 4.30. The van der Waals surface area contributed by atoms with Crippen LogP contribution in [0.1, 0.15) is 18.2 Å². The van der Waals surface area contributed by atoms with Crippen LogP contribution < -0.4 is 4.74 Å². The van der Waals surface area contributed by atoms with Crippen molar-refractivity contribution in [1.29, 1.82) is 0 Å². The highest BCUT2D eigenvalue weighted by atomic mass is 16.5. The third-order valence-electron chi connectivity index (χ3n) is 2.90. The van der Waals surface area contributed by atoms with Crippen LogP contribution >= 0.6 is 0 Å². The fourth-order valence-corrected chi connectivity index (χ4v) is 2.10. The molecule has 2 heterocycles. The molecule has 17 heavy (non-hydrogen) atoms. The Labute approximate surface area is 98.8 Å². The van der Waals surface area contributed by atoms with Gasteiger partial charge in [0.15, 0.2) is 5.76 Å². The van der Waals surface area contributed by atoms with Gasteiger partial charge in [-0.3, -0.25) is 0 Å². The summed E-state index contributed by atoms with van der Waals surface area (Å²) in [7, 11) is 0. The summed E-state index contributed by atoms with van der Waals surface area (Å²) in [6.07, 6.45) is 1.16. The number of benzene rings is 1. The van der Waals surface area contributed by atoms with Gasteiger partial charge in [-0.15, -0.1) is 0 Å². The van der Waals surface area contributed by atoms with Crippen molar-refractivity contribution in [2.24, 2.45) is 0 Å². The molecule has 0 fully saturated rings. The number of hydrogen-bond acceptors (Lipinski definition) is 4. The summed E-state index contributed by atoms with van der Waals surface area (Å²) in [6, 6.07) is 7.70. The number of aliphatic hydroxyl groups excluding tert-OH is 1. The van der Waals surface area contributed by atoms with E-state index in [0.717, 1.165) is 17.7 Å². The van der Waals surface area contributed by atoms with E-state index in [2.05, 4.69) is 18.1 Å². The maximum Gasteiger partial charge on any atom is 0.167 e. The minimum atomic E-state index is -0.103. The highest BCUT2D eigenvalue weighted by Gasteiger charge is 2.19. The van der Waals surface area contributed by atoms with Crippen LogP contribution in [0.2, 0.25) is 0 Å². The molecule has 0 saturated carbocycles. The summed E-state index contributed by atoms with van der Waals surface area (Å²) < 4.78 is 10.8. The lowest BCUT2D eigenvalue weighted by atomic mass is 10.1. The first-order valence-electron chi connectivity index (χ1n) is 5.62. The maximum absolute atomic E-state index is 8.94. The van der Waals surface area contributed by atoms with Gasteiger partial charge >= 0.3 is 0 Å². The molecule has 1 aromatic carbocycles. The molecule has 0 radical (unpaired) electrons. The normalized spacial score (nSPS) is 17.9. The van der Waals surface area contributed by atoms with Crippen LogP contribution in [0.4, 0.5) is 0 Å². The monoisotopic (exact) mass is 231 g/mol. The second-order valence-corrected chi connectivity index (χ2v) is 4.30. The zero-order valence-corrected chi connectivity index (χ0v) is 9.51. The van der Waals surface area contributed by atoms with Gasteiger partial charge in [-0.1, -0.05) is 5.16 Å². The Morgan fingerprint density at radius 2 is 2.29 bits per heavy atom. The molecule has 4 nitrogen and oxygen atoms in total. The molecule has 1 aromatic heterocycles. The minimum Gasteiger partial charge on any atom is -0.490 e. The minimum absolute atomic E-state index is 0.103. The molecule has 1 atom stereocenters. The molecule has 0 unspecified atom stereocenters. The van der Waals surface area contributed by atoms with Gasteiger partial charge < -0.3 is 14.4 Å². The molecule has 3 rings (SSSR count). The molecule has 0 bridgehead atoms. The summed E-state index contributed by atoms with van der Waals surface area (Å²) in [4.78, 5) is 0. The zero-order valence-electron chi connectivity index (χ0n) is 9.51. The number of hydrogen-bond donors (Lipinski definition) is 1. The molecule has 0 saturated heterocycles. The first-order valence-corrected chi connectivity index (χ1v) is 5.62. The van der Waals surface area contributed by atoms with Gasteiger partial charge in [0.05, 0.1) is 6.61 Å². The summed E-state index contributed by atoms with van der Waals surface area (Å²) in [5, 5.41) is 12.7. The highest BCUT2D eigenvalue weighted by Crippen LogP contribution is 2.32. The number of fused-ring (bicyclic) bond motifs is 1. The van der Waals surface area contributed by atoms with Crippen LogP contribution in [-0.2, 0) is 13.0 Å². The summed E-state index contributed by atoms with van der Waals surface area (Å²) in [6.45, 7) is 1.95. The molecule has 0 spiro atoms. The first kappa shape index (κ1) is 10.4. The fraction of sp³-hybridized carbons (Fsp3) is 0.308. The van der Waals surface area contributed by atoms with E-state index in [1.807, 2.05) is 12.1 Å². The predicted molar refractivity (Wildman–Crippen MR) is 61.7 cm³/mol. The molecule has 1 aliphatic rings. The van der Waals surface area contributed by atoms with Crippen molar-refractivity contribution in [2.75, 3.05) is 0 Å². The van der Waals surface area contributed by atoms with E-state index in [0.29, 0.717) is 11.5 Å². The Bertz CT molecular complexity index is 547. The second kappa shape index (κ2) is 3.89. The van der Waals surface area contributed by atoms with Gasteiger partial charge in [0, 0.05) is 18.1 Å². The van der Waals surface area contributed by atoms with Gasteiger partial charge in [0.1, 0.15) is 17.5 Å². The smallest absolute Gasteiger partial charge is 0.167 e. The Hall–Kier alpha value is -1.81. The summed E-state index contributed by atoms with van der Waals surface area (Å²) >= 11 is 0. The number of aliphatic hydroxyl groups is 1. The molecule has 88 valence electrons. The number of aromatic nitrogens is 1. The van der Waals surface area contributed by atoms with Crippen molar-refractivity contribution >= 4 is 0 Å². The average molecular weight is 231 g/mol. The van der Waals surface area contributed by atoms with E-state index >= 15 is 0 Å². The van der Waals surface area contributed by atoms with Gasteiger partial charge in [-0.2, -0.15) is 0 Å². The van der Waals surface area contributed by atoms with Gasteiger partial charge in [-0.25, -0.2) is 0 Å². The Kier molecular flexibility index (Phi) is 2.37. The zero-order chi connectivity index (χ0) is 11.8. The highest BCUT2D eigenvalue weighted by molar-refractivity contribution is 5.61. The van der Waals surface area contributed by atoms with Gasteiger partial charge in [-0.05, 0) is 30.7 Å². The third kappa shape index (κ3) is 1.80. The van der Waals surface area contributed by atoms with Crippen molar-refractivity contribution in [1.82, 2.24) is 5.16 Å². The molecule has 0 aliphatic carbocycles. The van der Waals surface area contributed by atoms with Crippen LogP contribution in [-0.4, -0.2) is 16.4 Å². The van der Waals surface area contributed by atoms with E-state index in [4.69, 9.17) is 14.4 Å². The molecular weight excluding hydrogens is 218 g/mol. The Morgan fingerprint density at radius 3 is 3.06 bits per heavy atom. The molecule has 1 aliphatic heterocycles.